The van der Waals surface area contributed by atoms with Gasteiger partial charge in [0, 0.05) is 13.1 Å². The number of hydrogen-bond donors (Lipinski definition) is 0. The molecule has 1 heterocycles. The number of esters is 1. The van der Waals surface area contributed by atoms with Crippen LogP contribution in [0.15, 0.2) is 0 Å². The SMILES string of the molecule is CCCN(CC(=O)OCC)C(=O)C1CCCN1S(C)(=O)=O. The van der Waals surface area contributed by atoms with E-state index in [1.165, 1.54) is 9.21 Å². The van der Waals surface area contributed by atoms with Gasteiger partial charge in [0.15, 0.2) is 0 Å². The van der Waals surface area contributed by atoms with Gasteiger partial charge in [0.05, 0.1) is 12.9 Å². The molecule has 0 aromatic heterocycles. The van der Waals surface area contributed by atoms with E-state index in [1.54, 1.807) is 6.92 Å². The Morgan fingerprint density at radius 3 is 2.52 bits per heavy atom. The largest absolute Gasteiger partial charge is 0.465 e. The van der Waals surface area contributed by atoms with Crippen molar-refractivity contribution < 1.29 is 22.7 Å². The molecular weight excluding hydrogens is 296 g/mol. The normalized spacial score (nSPS) is 19.5. The van der Waals surface area contributed by atoms with E-state index >= 15 is 0 Å². The van der Waals surface area contributed by atoms with Crippen LogP contribution in [-0.2, 0) is 24.3 Å². The van der Waals surface area contributed by atoms with Gasteiger partial charge in [0.2, 0.25) is 15.9 Å². The topological polar surface area (TPSA) is 84.0 Å². The minimum Gasteiger partial charge on any atom is -0.465 e. The molecule has 1 fully saturated rings. The fourth-order valence-electron chi connectivity index (χ4n) is 2.49. The number of rotatable bonds is 7. The fourth-order valence-corrected chi connectivity index (χ4v) is 3.61. The molecule has 0 spiro atoms. The number of amides is 1. The number of sulfonamides is 1. The maximum atomic E-state index is 12.5. The highest BCUT2D eigenvalue weighted by Crippen LogP contribution is 2.22. The van der Waals surface area contributed by atoms with Crippen molar-refractivity contribution in [1.29, 1.82) is 0 Å². The number of nitrogens with zero attached hydrogens (tertiary/aromatic N) is 2. The number of ether oxygens (including phenoxy) is 1. The third-order valence-corrected chi connectivity index (χ3v) is 4.63. The van der Waals surface area contributed by atoms with Crippen LogP contribution < -0.4 is 0 Å². The smallest absolute Gasteiger partial charge is 0.325 e. The average Bonchev–Trinajstić information content (AvgIpc) is 2.86. The van der Waals surface area contributed by atoms with Crippen LogP contribution in [0, 0.1) is 0 Å². The molecule has 0 bridgehead atoms. The summed E-state index contributed by atoms with van der Waals surface area (Å²) < 4.78 is 29.5. The van der Waals surface area contributed by atoms with E-state index in [0.29, 0.717) is 32.4 Å². The number of carbonyl (C=O) groups excluding carboxylic acids is 2. The summed E-state index contributed by atoms with van der Waals surface area (Å²) in [5.74, 6) is -0.781. The second kappa shape index (κ2) is 7.74. The summed E-state index contributed by atoms with van der Waals surface area (Å²) in [6.45, 7) is 4.49. The highest BCUT2D eigenvalue weighted by Gasteiger charge is 2.38. The first-order chi connectivity index (χ1) is 9.81. The molecule has 0 aromatic carbocycles. The van der Waals surface area contributed by atoms with Crippen LogP contribution in [0.1, 0.15) is 33.1 Å². The predicted octanol–water partition coefficient (Wildman–Crippen LogP) is 0.212. The zero-order valence-electron chi connectivity index (χ0n) is 12.9. The van der Waals surface area contributed by atoms with Crippen LogP contribution >= 0.6 is 0 Å². The standard InChI is InChI=1S/C13H24N2O5S/c1-4-8-14(10-12(16)20-5-2)13(17)11-7-6-9-15(11)21(3,18)19/h11H,4-10H2,1-3H3. The fraction of sp³-hybridized carbons (Fsp3) is 0.846. The van der Waals surface area contributed by atoms with Crippen LogP contribution in [0.2, 0.25) is 0 Å². The second-order valence-electron chi connectivity index (χ2n) is 5.10. The van der Waals surface area contributed by atoms with Gasteiger partial charge in [-0.25, -0.2) is 8.42 Å². The first kappa shape index (κ1) is 17.9. The Bertz CT molecular complexity index is 477. The van der Waals surface area contributed by atoms with E-state index in [4.69, 9.17) is 4.74 Å². The lowest BCUT2D eigenvalue weighted by Gasteiger charge is -2.28. The Balaban J connectivity index is 2.82. The molecule has 1 atom stereocenters. The lowest BCUT2D eigenvalue weighted by Crippen LogP contribution is -2.49. The summed E-state index contributed by atoms with van der Waals surface area (Å²) in [6.07, 6.45) is 2.95. The van der Waals surface area contributed by atoms with Crippen molar-refractivity contribution in [3.8, 4) is 0 Å². The van der Waals surface area contributed by atoms with Gasteiger partial charge in [-0.2, -0.15) is 4.31 Å². The first-order valence-electron chi connectivity index (χ1n) is 7.22. The molecule has 122 valence electrons. The first-order valence-corrected chi connectivity index (χ1v) is 9.07. The molecule has 21 heavy (non-hydrogen) atoms. The molecule has 0 saturated carbocycles. The minimum absolute atomic E-state index is 0.130. The van der Waals surface area contributed by atoms with Gasteiger partial charge >= 0.3 is 5.97 Å². The summed E-state index contributed by atoms with van der Waals surface area (Å²) in [7, 11) is -3.41. The monoisotopic (exact) mass is 320 g/mol. The van der Waals surface area contributed by atoms with E-state index in [-0.39, 0.29) is 19.1 Å². The molecule has 8 heteroatoms. The Kier molecular flexibility index (Phi) is 6.60. The van der Waals surface area contributed by atoms with Crippen molar-refractivity contribution in [1.82, 2.24) is 9.21 Å². The zero-order chi connectivity index (χ0) is 16.0. The molecule has 7 nitrogen and oxygen atoms in total. The van der Waals surface area contributed by atoms with Gasteiger partial charge in [0.25, 0.3) is 0 Å². The van der Waals surface area contributed by atoms with Crippen molar-refractivity contribution in [2.24, 2.45) is 0 Å². The predicted molar refractivity (Wildman–Crippen MR) is 78.1 cm³/mol. The van der Waals surface area contributed by atoms with Crippen LogP contribution in [0.3, 0.4) is 0 Å². The Labute approximate surface area is 126 Å². The third kappa shape index (κ3) is 4.96. The van der Waals surface area contributed by atoms with E-state index in [0.717, 1.165) is 6.26 Å². The summed E-state index contributed by atoms with van der Waals surface area (Å²) >= 11 is 0. The minimum atomic E-state index is -3.41. The lowest BCUT2D eigenvalue weighted by molar-refractivity contribution is -0.150. The van der Waals surface area contributed by atoms with Crippen molar-refractivity contribution >= 4 is 21.9 Å². The van der Waals surface area contributed by atoms with E-state index < -0.39 is 22.0 Å². The molecule has 0 aliphatic carbocycles. The highest BCUT2D eigenvalue weighted by molar-refractivity contribution is 7.88. The summed E-state index contributed by atoms with van der Waals surface area (Å²) in [5, 5.41) is 0. The van der Waals surface area contributed by atoms with Crippen LogP contribution in [0.4, 0.5) is 0 Å². The van der Waals surface area contributed by atoms with Gasteiger partial charge in [-0.1, -0.05) is 6.92 Å². The second-order valence-corrected chi connectivity index (χ2v) is 7.03. The highest BCUT2D eigenvalue weighted by atomic mass is 32.2. The molecule has 1 aliphatic rings. The quantitative estimate of drug-likeness (QED) is 0.626. The Morgan fingerprint density at radius 2 is 2.00 bits per heavy atom. The molecule has 0 aromatic rings. The maximum Gasteiger partial charge on any atom is 0.325 e. The molecule has 1 saturated heterocycles. The average molecular weight is 320 g/mol. The van der Waals surface area contributed by atoms with Crippen LogP contribution in [0.5, 0.6) is 0 Å². The van der Waals surface area contributed by atoms with Gasteiger partial charge in [0.1, 0.15) is 12.6 Å². The molecule has 1 rings (SSSR count). The van der Waals surface area contributed by atoms with Crippen molar-refractivity contribution in [3.05, 3.63) is 0 Å². The van der Waals surface area contributed by atoms with E-state index in [2.05, 4.69) is 0 Å². The molecular formula is C13H24N2O5S. The summed E-state index contributed by atoms with van der Waals surface area (Å²) in [5.41, 5.74) is 0. The van der Waals surface area contributed by atoms with Gasteiger partial charge < -0.3 is 9.64 Å². The molecule has 1 unspecified atom stereocenters. The van der Waals surface area contributed by atoms with Crippen LogP contribution in [0.25, 0.3) is 0 Å². The van der Waals surface area contributed by atoms with Gasteiger partial charge in [-0.15, -0.1) is 0 Å². The van der Waals surface area contributed by atoms with Gasteiger partial charge in [-0.3, -0.25) is 9.59 Å². The third-order valence-electron chi connectivity index (χ3n) is 3.35. The number of carbonyl (C=O) groups is 2. The molecule has 0 radical (unpaired) electrons. The Hall–Kier alpha value is -1.15. The lowest BCUT2D eigenvalue weighted by atomic mass is 10.2. The van der Waals surface area contributed by atoms with Crippen molar-refractivity contribution in [2.75, 3.05) is 32.5 Å². The van der Waals surface area contributed by atoms with Gasteiger partial charge in [-0.05, 0) is 26.2 Å². The van der Waals surface area contributed by atoms with Crippen molar-refractivity contribution in [3.63, 3.8) is 0 Å². The van der Waals surface area contributed by atoms with E-state index in [1.807, 2.05) is 6.92 Å². The zero-order valence-corrected chi connectivity index (χ0v) is 13.7. The maximum absolute atomic E-state index is 12.5. The van der Waals surface area contributed by atoms with Crippen molar-refractivity contribution in [2.45, 2.75) is 39.2 Å². The van der Waals surface area contributed by atoms with Crippen LogP contribution in [-0.4, -0.2) is 68.0 Å². The Morgan fingerprint density at radius 1 is 1.33 bits per heavy atom. The van der Waals surface area contributed by atoms with E-state index in [9.17, 15) is 18.0 Å². The molecule has 1 amide bonds. The molecule has 0 N–H and O–H groups in total. The summed E-state index contributed by atoms with van der Waals surface area (Å²) in [6, 6.07) is -0.694. The summed E-state index contributed by atoms with van der Waals surface area (Å²) in [4.78, 5) is 25.5. The number of hydrogen-bond acceptors (Lipinski definition) is 5. The molecule has 1 aliphatic heterocycles.